The van der Waals surface area contributed by atoms with E-state index in [1.165, 1.54) is 0 Å². The highest BCUT2D eigenvalue weighted by Crippen LogP contribution is 2.19. The molecule has 0 aliphatic rings. The van der Waals surface area contributed by atoms with Gasteiger partial charge in [0.25, 0.3) is 0 Å². The van der Waals surface area contributed by atoms with E-state index in [9.17, 15) is 0 Å². The van der Waals surface area contributed by atoms with Crippen molar-refractivity contribution in [3.8, 4) is 0 Å². The second-order valence-corrected chi connectivity index (χ2v) is 3.70. The SMILES string of the molecule is CCc1nc(C(C)CC)nc(N)c1C. The summed E-state index contributed by atoms with van der Waals surface area (Å²) in [6, 6.07) is 0. The first-order valence-electron chi connectivity index (χ1n) is 5.23. The molecule has 78 valence electrons. The van der Waals surface area contributed by atoms with Crippen LogP contribution in [-0.4, -0.2) is 9.97 Å². The summed E-state index contributed by atoms with van der Waals surface area (Å²) in [6.45, 7) is 8.34. The van der Waals surface area contributed by atoms with Gasteiger partial charge in [0.05, 0.1) is 0 Å². The quantitative estimate of drug-likeness (QED) is 0.802. The number of aromatic nitrogens is 2. The lowest BCUT2D eigenvalue weighted by Gasteiger charge is -2.12. The molecule has 1 atom stereocenters. The Kier molecular flexibility index (Phi) is 3.44. The summed E-state index contributed by atoms with van der Waals surface area (Å²) in [5.74, 6) is 1.91. The van der Waals surface area contributed by atoms with Gasteiger partial charge in [0.15, 0.2) is 0 Å². The van der Waals surface area contributed by atoms with Crippen LogP contribution in [0.2, 0.25) is 0 Å². The maximum Gasteiger partial charge on any atom is 0.133 e. The molecule has 0 aliphatic carbocycles. The second kappa shape index (κ2) is 4.40. The van der Waals surface area contributed by atoms with Crippen LogP contribution in [0.5, 0.6) is 0 Å². The highest BCUT2D eigenvalue weighted by atomic mass is 15.0. The molecule has 0 aliphatic heterocycles. The molecule has 1 aromatic rings. The van der Waals surface area contributed by atoms with Crippen LogP contribution in [0.1, 0.15) is 50.2 Å². The largest absolute Gasteiger partial charge is 0.383 e. The summed E-state index contributed by atoms with van der Waals surface area (Å²) in [4.78, 5) is 8.85. The average molecular weight is 193 g/mol. The Balaban J connectivity index is 3.16. The third-order valence-electron chi connectivity index (χ3n) is 2.69. The van der Waals surface area contributed by atoms with Gasteiger partial charge >= 0.3 is 0 Å². The predicted molar refractivity (Wildman–Crippen MR) is 59.3 cm³/mol. The van der Waals surface area contributed by atoms with Crippen LogP contribution in [0.3, 0.4) is 0 Å². The highest BCUT2D eigenvalue weighted by molar-refractivity contribution is 5.41. The van der Waals surface area contributed by atoms with Gasteiger partial charge in [0.2, 0.25) is 0 Å². The number of anilines is 1. The highest BCUT2D eigenvalue weighted by Gasteiger charge is 2.11. The summed E-state index contributed by atoms with van der Waals surface area (Å²) in [7, 11) is 0. The van der Waals surface area contributed by atoms with Gasteiger partial charge in [-0.25, -0.2) is 9.97 Å². The van der Waals surface area contributed by atoms with Crippen molar-refractivity contribution in [2.75, 3.05) is 5.73 Å². The van der Waals surface area contributed by atoms with Gasteiger partial charge in [-0.05, 0) is 19.8 Å². The molecule has 3 nitrogen and oxygen atoms in total. The van der Waals surface area contributed by atoms with Crippen LogP contribution in [0.4, 0.5) is 5.82 Å². The summed E-state index contributed by atoms with van der Waals surface area (Å²) < 4.78 is 0. The van der Waals surface area contributed by atoms with Crippen molar-refractivity contribution in [2.24, 2.45) is 0 Å². The summed E-state index contributed by atoms with van der Waals surface area (Å²) in [6.07, 6.45) is 1.97. The fourth-order valence-electron chi connectivity index (χ4n) is 1.35. The minimum absolute atomic E-state index is 0.392. The van der Waals surface area contributed by atoms with E-state index in [0.29, 0.717) is 11.7 Å². The Hall–Kier alpha value is -1.12. The molecule has 0 radical (unpaired) electrons. The van der Waals surface area contributed by atoms with Crippen molar-refractivity contribution < 1.29 is 0 Å². The maximum atomic E-state index is 5.84. The van der Waals surface area contributed by atoms with E-state index < -0.39 is 0 Å². The van der Waals surface area contributed by atoms with Gasteiger partial charge in [-0.15, -0.1) is 0 Å². The Bertz CT molecular complexity index is 321. The zero-order valence-electron chi connectivity index (χ0n) is 9.46. The Morgan fingerprint density at radius 1 is 1.29 bits per heavy atom. The van der Waals surface area contributed by atoms with Gasteiger partial charge in [0.1, 0.15) is 11.6 Å². The van der Waals surface area contributed by atoms with Crippen LogP contribution in [-0.2, 0) is 6.42 Å². The van der Waals surface area contributed by atoms with Crippen molar-refractivity contribution >= 4 is 5.82 Å². The lowest BCUT2D eigenvalue weighted by molar-refractivity contribution is 0.671. The van der Waals surface area contributed by atoms with Crippen LogP contribution in [0.25, 0.3) is 0 Å². The maximum absolute atomic E-state index is 5.84. The molecule has 1 heterocycles. The molecule has 1 rings (SSSR count). The van der Waals surface area contributed by atoms with Crippen molar-refractivity contribution in [3.63, 3.8) is 0 Å². The number of nitrogen functional groups attached to an aromatic ring is 1. The molecule has 0 aromatic carbocycles. The lowest BCUT2D eigenvalue weighted by atomic mass is 10.1. The third-order valence-corrected chi connectivity index (χ3v) is 2.69. The normalized spacial score (nSPS) is 12.9. The van der Waals surface area contributed by atoms with Crippen molar-refractivity contribution in [3.05, 3.63) is 17.1 Å². The Morgan fingerprint density at radius 3 is 2.43 bits per heavy atom. The fourth-order valence-corrected chi connectivity index (χ4v) is 1.35. The number of nitrogens with zero attached hydrogens (tertiary/aromatic N) is 2. The van der Waals surface area contributed by atoms with E-state index in [0.717, 1.165) is 29.9 Å². The minimum atomic E-state index is 0.392. The Morgan fingerprint density at radius 2 is 1.93 bits per heavy atom. The van der Waals surface area contributed by atoms with E-state index in [1.54, 1.807) is 0 Å². The van der Waals surface area contributed by atoms with Gasteiger partial charge in [-0.3, -0.25) is 0 Å². The fraction of sp³-hybridized carbons (Fsp3) is 0.636. The number of nitrogens with two attached hydrogens (primary N) is 1. The first-order valence-corrected chi connectivity index (χ1v) is 5.23. The summed E-state index contributed by atoms with van der Waals surface area (Å²) >= 11 is 0. The monoisotopic (exact) mass is 193 g/mol. The first kappa shape index (κ1) is 11.0. The van der Waals surface area contributed by atoms with Gasteiger partial charge in [-0.2, -0.15) is 0 Å². The molecule has 0 spiro atoms. The van der Waals surface area contributed by atoms with E-state index in [1.807, 2.05) is 6.92 Å². The molecule has 1 aromatic heterocycles. The van der Waals surface area contributed by atoms with Crippen LogP contribution in [0.15, 0.2) is 0 Å². The molecule has 1 unspecified atom stereocenters. The first-order chi connectivity index (χ1) is 6.60. The number of hydrogen-bond donors (Lipinski definition) is 1. The van der Waals surface area contributed by atoms with E-state index in [2.05, 4.69) is 30.7 Å². The molecular formula is C11H19N3. The molecule has 2 N–H and O–H groups in total. The van der Waals surface area contributed by atoms with Gasteiger partial charge in [0, 0.05) is 17.2 Å². The van der Waals surface area contributed by atoms with Crippen molar-refractivity contribution in [1.29, 1.82) is 0 Å². The van der Waals surface area contributed by atoms with Crippen molar-refractivity contribution in [1.82, 2.24) is 9.97 Å². The number of rotatable bonds is 3. The van der Waals surface area contributed by atoms with Gasteiger partial charge < -0.3 is 5.73 Å². The molecule has 0 amide bonds. The van der Waals surface area contributed by atoms with Gasteiger partial charge in [-0.1, -0.05) is 20.8 Å². The Labute approximate surface area is 85.8 Å². The van der Waals surface area contributed by atoms with E-state index in [-0.39, 0.29) is 0 Å². The molecule has 0 saturated heterocycles. The zero-order chi connectivity index (χ0) is 10.7. The zero-order valence-corrected chi connectivity index (χ0v) is 9.46. The van der Waals surface area contributed by atoms with Crippen LogP contribution >= 0.6 is 0 Å². The van der Waals surface area contributed by atoms with Crippen LogP contribution < -0.4 is 5.73 Å². The average Bonchev–Trinajstić information content (AvgIpc) is 2.20. The molecule has 0 bridgehead atoms. The van der Waals surface area contributed by atoms with E-state index >= 15 is 0 Å². The summed E-state index contributed by atoms with van der Waals surface area (Å²) in [5, 5.41) is 0. The molecule has 0 fully saturated rings. The smallest absolute Gasteiger partial charge is 0.133 e. The second-order valence-electron chi connectivity index (χ2n) is 3.70. The minimum Gasteiger partial charge on any atom is -0.383 e. The third kappa shape index (κ3) is 2.03. The molecular weight excluding hydrogens is 174 g/mol. The van der Waals surface area contributed by atoms with Crippen LogP contribution in [0, 0.1) is 6.92 Å². The molecule has 3 heteroatoms. The van der Waals surface area contributed by atoms with E-state index in [4.69, 9.17) is 5.73 Å². The predicted octanol–water partition coefficient (Wildman–Crippen LogP) is 2.44. The number of hydrogen-bond acceptors (Lipinski definition) is 3. The summed E-state index contributed by atoms with van der Waals surface area (Å²) in [5.41, 5.74) is 7.94. The standard InChI is InChI=1S/C11H19N3/c1-5-7(3)11-13-9(6-2)8(4)10(12)14-11/h7H,5-6H2,1-4H3,(H2,12,13,14). The lowest BCUT2D eigenvalue weighted by Crippen LogP contribution is -2.08. The topological polar surface area (TPSA) is 51.8 Å². The van der Waals surface area contributed by atoms with Crippen molar-refractivity contribution in [2.45, 2.75) is 46.5 Å². The number of aryl methyl sites for hydroxylation is 1. The molecule has 14 heavy (non-hydrogen) atoms. The molecule has 0 saturated carbocycles.